The second-order valence-corrected chi connectivity index (χ2v) is 2.98. The summed E-state index contributed by atoms with van der Waals surface area (Å²) in [6.07, 6.45) is 1.75. The first-order valence-electron chi connectivity index (χ1n) is 4.29. The van der Waals surface area contributed by atoms with Crippen LogP contribution in [0.25, 0.3) is 0 Å². The van der Waals surface area contributed by atoms with Gasteiger partial charge in [-0.2, -0.15) is 0 Å². The fraction of sp³-hybridized carbons (Fsp3) is 0.333. The first-order chi connectivity index (χ1) is 6.15. The zero-order chi connectivity index (χ0) is 9.84. The van der Waals surface area contributed by atoms with Crippen molar-refractivity contribution >= 4 is 12.6 Å². The number of aryl methyl sites for hydroxylation is 1. The monoisotopic (exact) mass is 182 g/mol. The van der Waals surface area contributed by atoms with Crippen molar-refractivity contribution in [2.24, 2.45) is 0 Å². The van der Waals surface area contributed by atoms with Crippen LogP contribution in [0.15, 0.2) is 18.2 Å². The summed E-state index contributed by atoms with van der Waals surface area (Å²) >= 11 is 0. The highest BCUT2D eigenvalue weighted by molar-refractivity contribution is 6.58. The van der Waals surface area contributed by atoms with Crippen LogP contribution >= 0.6 is 0 Å². The highest BCUT2D eigenvalue weighted by atomic mass is 19.1. The smallest absolute Gasteiger partial charge is 0.423 e. The lowest BCUT2D eigenvalue weighted by atomic mass is 9.79. The Hall–Kier alpha value is -0.865. The highest BCUT2D eigenvalue weighted by Gasteiger charge is 2.15. The average molecular weight is 182 g/mol. The van der Waals surface area contributed by atoms with Gasteiger partial charge in [0, 0.05) is 5.46 Å². The fourth-order valence-corrected chi connectivity index (χ4v) is 1.22. The van der Waals surface area contributed by atoms with Crippen molar-refractivity contribution in [2.45, 2.75) is 19.8 Å². The molecule has 0 aliphatic rings. The Kier molecular flexibility index (Phi) is 3.45. The van der Waals surface area contributed by atoms with Gasteiger partial charge in [0.1, 0.15) is 5.82 Å². The third-order valence-electron chi connectivity index (χ3n) is 1.88. The molecule has 0 aromatic heterocycles. The van der Waals surface area contributed by atoms with Crippen molar-refractivity contribution in [3.8, 4) is 0 Å². The maximum absolute atomic E-state index is 13.1. The van der Waals surface area contributed by atoms with Gasteiger partial charge in [-0.25, -0.2) is 4.39 Å². The second-order valence-electron chi connectivity index (χ2n) is 2.98. The van der Waals surface area contributed by atoms with Crippen molar-refractivity contribution < 1.29 is 14.4 Å². The van der Waals surface area contributed by atoms with E-state index in [0.717, 1.165) is 18.4 Å². The van der Waals surface area contributed by atoms with Gasteiger partial charge in [0.2, 0.25) is 0 Å². The molecule has 0 amide bonds. The molecule has 13 heavy (non-hydrogen) atoms. The first-order valence-corrected chi connectivity index (χ1v) is 4.29. The molecule has 0 saturated carbocycles. The molecule has 0 atom stereocenters. The predicted octanol–water partition coefficient (Wildman–Crippen LogP) is 0.458. The standard InChI is InChI=1S/C9H12BFO2/c1-2-3-7-4-5-8(10(12)13)9(11)6-7/h4-6,12-13H,2-3H2,1H3. The van der Waals surface area contributed by atoms with E-state index in [4.69, 9.17) is 10.0 Å². The maximum atomic E-state index is 13.1. The van der Waals surface area contributed by atoms with Crippen molar-refractivity contribution in [3.63, 3.8) is 0 Å². The highest BCUT2D eigenvalue weighted by Crippen LogP contribution is 2.04. The SMILES string of the molecule is CCCc1ccc(B(O)O)c(F)c1. The Bertz CT molecular complexity index is 289. The molecule has 0 aliphatic heterocycles. The molecule has 0 spiro atoms. The second kappa shape index (κ2) is 4.39. The Morgan fingerprint density at radius 1 is 1.38 bits per heavy atom. The summed E-state index contributed by atoms with van der Waals surface area (Å²) in [5, 5.41) is 17.5. The topological polar surface area (TPSA) is 40.5 Å². The van der Waals surface area contributed by atoms with E-state index in [9.17, 15) is 4.39 Å². The molecule has 0 fully saturated rings. The Labute approximate surface area is 77.2 Å². The normalized spacial score (nSPS) is 10.2. The summed E-state index contributed by atoms with van der Waals surface area (Å²) in [7, 11) is -1.73. The molecule has 0 aliphatic carbocycles. The van der Waals surface area contributed by atoms with E-state index in [1.54, 1.807) is 6.07 Å². The molecule has 4 heteroatoms. The Morgan fingerprint density at radius 3 is 2.54 bits per heavy atom. The molecule has 1 aromatic carbocycles. The predicted molar refractivity (Wildman–Crippen MR) is 50.2 cm³/mol. The minimum Gasteiger partial charge on any atom is -0.423 e. The molecule has 1 aromatic rings. The van der Waals surface area contributed by atoms with Crippen molar-refractivity contribution in [3.05, 3.63) is 29.6 Å². The molecule has 2 nitrogen and oxygen atoms in total. The van der Waals surface area contributed by atoms with E-state index in [1.807, 2.05) is 6.92 Å². The van der Waals surface area contributed by atoms with Gasteiger partial charge >= 0.3 is 7.12 Å². The molecule has 0 saturated heterocycles. The van der Waals surface area contributed by atoms with Crippen molar-refractivity contribution in [1.29, 1.82) is 0 Å². The molecular formula is C9H12BFO2. The molecule has 70 valence electrons. The molecule has 0 bridgehead atoms. The van der Waals surface area contributed by atoms with Gasteiger partial charge in [-0.05, 0) is 18.1 Å². The lowest BCUT2D eigenvalue weighted by Gasteiger charge is -2.03. The van der Waals surface area contributed by atoms with Gasteiger partial charge in [-0.1, -0.05) is 25.5 Å². The van der Waals surface area contributed by atoms with Crippen LogP contribution in [-0.2, 0) is 6.42 Å². The van der Waals surface area contributed by atoms with Crippen LogP contribution in [0.4, 0.5) is 4.39 Å². The Morgan fingerprint density at radius 2 is 2.08 bits per heavy atom. The van der Waals surface area contributed by atoms with E-state index in [-0.39, 0.29) is 5.46 Å². The van der Waals surface area contributed by atoms with E-state index in [0.29, 0.717) is 0 Å². The zero-order valence-electron chi connectivity index (χ0n) is 7.50. The van der Waals surface area contributed by atoms with Gasteiger partial charge < -0.3 is 10.0 Å². The van der Waals surface area contributed by atoms with Crippen LogP contribution in [0.2, 0.25) is 0 Å². The molecule has 0 unspecified atom stereocenters. The maximum Gasteiger partial charge on any atom is 0.491 e. The number of rotatable bonds is 3. The molecule has 0 radical (unpaired) electrons. The van der Waals surface area contributed by atoms with Crippen LogP contribution in [0, 0.1) is 5.82 Å². The van der Waals surface area contributed by atoms with Crippen LogP contribution in [0.3, 0.4) is 0 Å². The molecule has 0 heterocycles. The van der Waals surface area contributed by atoms with Crippen LogP contribution in [0.1, 0.15) is 18.9 Å². The number of benzene rings is 1. The van der Waals surface area contributed by atoms with Gasteiger partial charge in [0.05, 0.1) is 0 Å². The molecular weight excluding hydrogens is 170 g/mol. The molecule has 1 rings (SSSR count). The van der Waals surface area contributed by atoms with Gasteiger partial charge in [-0.3, -0.25) is 0 Å². The van der Waals surface area contributed by atoms with Gasteiger partial charge in [0.15, 0.2) is 0 Å². The van der Waals surface area contributed by atoms with E-state index in [1.165, 1.54) is 12.1 Å². The minimum atomic E-state index is -1.73. The quantitative estimate of drug-likeness (QED) is 0.666. The van der Waals surface area contributed by atoms with Crippen LogP contribution in [-0.4, -0.2) is 17.2 Å². The summed E-state index contributed by atoms with van der Waals surface area (Å²) in [5.41, 5.74) is 0.809. The van der Waals surface area contributed by atoms with Crippen molar-refractivity contribution in [2.75, 3.05) is 0 Å². The lowest BCUT2D eigenvalue weighted by molar-refractivity contribution is 0.423. The number of hydrogen-bond donors (Lipinski definition) is 2. The first kappa shape index (κ1) is 10.2. The van der Waals surface area contributed by atoms with E-state index < -0.39 is 12.9 Å². The summed E-state index contributed by atoms with van der Waals surface area (Å²) in [5.74, 6) is -0.555. The van der Waals surface area contributed by atoms with E-state index >= 15 is 0 Å². The largest absolute Gasteiger partial charge is 0.491 e. The lowest BCUT2D eigenvalue weighted by Crippen LogP contribution is -2.32. The van der Waals surface area contributed by atoms with Gasteiger partial charge in [-0.15, -0.1) is 0 Å². The minimum absolute atomic E-state index is 0.0696. The Balaban J connectivity index is 2.92. The van der Waals surface area contributed by atoms with Crippen LogP contribution < -0.4 is 5.46 Å². The fourth-order valence-electron chi connectivity index (χ4n) is 1.22. The average Bonchev–Trinajstić information content (AvgIpc) is 2.04. The summed E-state index contributed by atoms with van der Waals surface area (Å²) < 4.78 is 13.1. The number of halogens is 1. The third-order valence-corrected chi connectivity index (χ3v) is 1.88. The van der Waals surface area contributed by atoms with Crippen LogP contribution in [0.5, 0.6) is 0 Å². The van der Waals surface area contributed by atoms with E-state index in [2.05, 4.69) is 0 Å². The number of hydrogen-bond acceptors (Lipinski definition) is 2. The zero-order valence-corrected chi connectivity index (χ0v) is 7.50. The molecule has 2 N–H and O–H groups in total. The third kappa shape index (κ3) is 2.54. The summed E-state index contributed by atoms with van der Waals surface area (Å²) in [6, 6.07) is 4.46. The summed E-state index contributed by atoms with van der Waals surface area (Å²) in [6.45, 7) is 2.01. The van der Waals surface area contributed by atoms with Crippen molar-refractivity contribution in [1.82, 2.24) is 0 Å². The van der Waals surface area contributed by atoms with Gasteiger partial charge in [0.25, 0.3) is 0 Å². The summed E-state index contributed by atoms with van der Waals surface area (Å²) in [4.78, 5) is 0.